The lowest BCUT2D eigenvalue weighted by Crippen LogP contribution is -2.55. The Labute approximate surface area is 114 Å². The van der Waals surface area contributed by atoms with Crippen LogP contribution in [0, 0.1) is 24.7 Å². The van der Waals surface area contributed by atoms with Crippen molar-refractivity contribution < 1.29 is 0 Å². The Bertz CT molecular complexity index is 476. The summed E-state index contributed by atoms with van der Waals surface area (Å²) in [5.41, 5.74) is 7.13. The molecule has 0 radical (unpaired) electrons. The lowest BCUT2D eigenvalue weighted by atomic mass is 9.53. The molecule has 4 saturated carbocycles. The zero-order valence-electron chi connectivity index (χ0n) is 11.5. The molecule has 4 heteroatoms. The van der Waals surface area contributed by atoms with Gasteiger partial charge in [0, 0.05) is 17.3 Å². The van der Waals surface area contributed by atoms with E-state index >= 15 is 0 Å². The molecule has 0 aromatic carbocycles. The molecule has 0 amide bonds. The molecule has 5 rings (SSSR count). The van der Waals surface area contributed by atoms with E-state index in [0.717, 1.165) is 29.1 Å². The number of aromatic nitrogens is 2. The van der Waals surface area contributed by atoms with Crippen molar-refractivity contribution in [2.75, 3.05) is 11.1 Å². The maximum absolute atomic E-state index is 5.73. The fourth-order valence-electron chi connectivity index (χ4n) is 5.10. The number of nitrogen functional groups attached to an aromatic ring is 1. The molecular weight excluding hydrogens is 236 g/mol. The fraction of sp³-hybridized carbons (Fsp3) is 0.733. The Morgan fingerprint density at radius 2 is 1.74 bits per heavy atom. The highest BCUT2D eigenvalue weighted by Crippen LogP contribution is 2.56. The van der Waals surface area contributed by atoms with Gasteiger partial charge in [-0.15, -0.1) is 0 Å². The topological polar surface area (TPSA) is 63.8 Å². The molecule has 0 aliphatic heterocycles. The van der Waals surface area contributed by atoms with E-state index in [4.69, 9.17) is 5.73 Å². The van der Waals surface area contributed by atoms with Crippen molar-refractivity contribution in [2.24, 2.45) is 17.8 Å². The summed E-state index contributed by atoms with van der Waals surface area (Å²) in [6, 6.07) is 0. The third-order valence-electron chi connectivity index (χ3n) is 5.41. The van der Waals surface area contributed by atoms with E-state index in [0.29, 0.717) is 11.5 Å². The van der Waals surface area contributed by atoms with E-state index in [1.165, 1.54) is 38.5 Å². The third kappa shape index (κ3) is 1.88. The van der Waals surface area contributed by atoms with Crippen LogP contribution in [-0.4, -0.2) is 15.5 Å². The average molecular weight is 258 g/mol. The van der Waals surface area contributed by atoms with Gasteiger partial charge in [-0.1, -0.05) is 0 Å². The fourth-order valence-corrected chi connectivity index (χ4v) is 5.10. The van der Waals surface area contributed by atoms with E-state index in [-0.39, 0.29) is 0 Å². The minimum Gasteiger partial charge on any atom is -0.368 e. The van der Waals surface area contributed by atoms with E-state index in [9.17, 15) is 0 Å². The van der Waals surface area contributed by atoms with Crippen molar-refractivity contribution in [3.8, 4) is 0 Å². The molecule has 0 saturated heterocycles. The summed E-state index contributed by atoms with van der Waals surface area (Å²) in [6.45, 7) is 2.06. The Morgan fingerprint density at radius 1 is 1.16 bits per heavy atom. The van der Waals surface area contributed by atoms with E-state index < -0.39 is 0 Å². The van der Waals surface area contributed by atoms with Crippen molar-refractivity contribution in [3.63, 3.8) is 0 Å². The van der Waals surface area contributed by atoms with Gasteiger partial charge >= 0.3 is 0 Å². The predicted octanol–water partition coefficient (Wildman–Crippen LogP) is 2.75. The van der Waals surface area contributed by atoms with Crippen LogP contribution in [0.4, 0.5) is 11.8 Å². The second-order valence-corrected chi connectivity index (χ2v) is 7.08. The van der Waals surface area contributed by atoms with Crippen molar-refractivity contribution in [2.45, 2.75) is 51.0 Å². The summed E-state index contributed by atoms with van der Waals surface area (Å²) in [5, 5.41) is 3.76. The Balaban J connectivity index is 1.64. The molecule has 19 heavy (non-hydrogen) atoms. The van der Waals surface area contributed by atoms with Gasteiger partial charge in [0.05, 0.1) is 0 Å². The summed E-state index contributed by atoms with van der Waals surface area (Å²) in [4.78, 5) is 8.46. The number of anilines is 2. The Kier molecular flexibility index (Phi) is 2.32. The molecule has 1 aromatic rings. The lowest BCUT2D eigenvalue weighted by Gasteiger charge is -2.57. The highest BCUT2D eigenvalue weighted by Gasteiger charge is 2.51. The first-order valence-electron chi connectivity index (χ1n) is 7.49. The number of nitrogens with zero attached hydrogens (tertiary/aromatic N) is 2. The molecule has 4 fully saturated rings. The predicted molar refractivity (Wildman–Crippen MR) is 75.7 cm³/mol. The Morgan fingerprint density at radius 3 is 2.32 bits per heavy atom. The van der Waals surface area contributed by atoms with Gasteiger partial charge in [-0.05, 0) is 63.2 Å². The van der Waals surface area contributed by atoms with Gasteiger partial charge in [0.2, 0.25) is 5.95 Å². The lowest BCUT2D eigenvalue weighted by molar-refractivity contribution is 0.0105. The van der Waals surface area contributed by atoms with Gasteiger partial charge in [0.15, 0.2) is 0 Å². The molecule has 0 atom stereocenters. The van der Waals surface area contributed by atoms with Gasteiger partial charge in [0.25, 0.3) is 0 Å². The monoisotopic (exact) mass is 258 g/mol. The van der Waals surface area contributed by atoms with Gasteiger partial charge < -0.3 is 11.1 Å². The number of hydrogen-bond donors (Lipinski definition) is 2. The summed E-state index contributed by atoms with van der Waals surface area (Å²) in [6.07, 6.45) is 10.2. The normalized spacial score (nSPS) is 39.5. The average Bonchev–Trinajstić information content (AvgIpc) is 2.31. The van der Waals surface area contributed by atoms with Crippen molar-refractivity contribution >= 4 is 11.8 Å². The van der Waals surface area contributed by atoms with Crippen LogP contribution in [0.3, 0.4) is 0 Å². The van der Waals surface area contributed by atoms with Crippen LogP contribution in [0.2, 0.25) is 0 Å². The van der Waals surface area contributed by atoms with Crippen LogP contribution in [0.15, 0.2) is 6.20 Å². The SMILES string of the molecule is Cc1cnc(N)nc1NC12CC3CC(CC(C3)C1)C2. The van der Waals surface area contributed by atoms with Gasteiger partial charge in [-0.2, -0.15) is 4.98 Å². The van der Waals surface area contributed by atoms with Crippen LogP contribution in [-0.2, 0) is 0 Å². The van der Waals surface area contributed by atoms with E-state index in [2.05, 4.69) is 22.2 Å². The molecule has 0 spiro atoms. The number of hydrogen-bond acceptors (Lipinski definition) is 4. The molecule has 4 aliphatic rings. The number of nitrogens with two attached hydrogens (primary N) is 1. The quantitative estimate of drug-likeness (QED) is 0.856. The minimum absolute atomic E-state index is 0.292. The largest absolute Gasteiger partial charge is 0.368 e. The van der Waals surface area contributed by atoms with Gasteiger partial charge in [-0.3, -0.25) is 0 Å². The maximum atomic E-state index is 5.73. The number of aryl methyl sites for hydroxylation is 1. The molecular formula is C15H22N4. The van der Waals surface area contributed by atoms with Crippen LogP contribution < -0.4 is 11.1 Å². The van der Waals surface area contributed by atoms with Gasteiger partial charge in [-0.25, -0.2) is 4.98 Å². The summed E-state index contributed by atoms with van der Waals surface area (Å²) >= 11 is 0. The third-order valence-corrected chi connectivity index (χ3v) is 5.41. The zero-order chi connectivity index (χ0) is 13.0. The van der Waals surface area contributed by atoms with Crippen molar-refractivity contribution in [3.05, 3.63) is 11.8 Å². The maximum Gasteiger partial charge on any atom is 0.221 e. The van der Waals surface area contributed by atoms with Crippen LogP contribution in [0.1, 0.15) is 44.1 Å². The highest BCUT2D eigenvalue weighted by molar-refractivity contribution is 5.48. The zero-order valence-corrected chi connectivity index (χ0v) is 11.5. The molecule has 4 aliphatic carbocycles. The molecule has 1 aromatic heterocycles. The molecule has 3 N–H and O–H groups in total. The summed E-state index contributed by atoms with van der Waals surface area (Å²) in [5.74, 6) is 4.15. The number of nitrogens with one attached hydrogen (secondary N) is 1. The van der Waals surface area contributed by atoms with E-state index in [1.807, 2.05) is 6.20 Å². The van der Waals surface area contributed by atoms with Gasteiger partial charge in [0.1, 0.15) is 5.82 Å². The number of rotatable bonds is 2. The first kappa shape index (κ1) is 11.5. The Hall–Kier alpha value is -1.32. The molecule has 4 nitrogen and oxygen atoms in total. The molecule has 0 unspecified atom stereocenters. The van der Waals surface area contributed by atoms with Crippen LogP contribution >= 0.6 is 0 Å². The summed E-state index contributed by atoms with van der Waals surface area (Å²) in [7, 11) is 0. The minimum atomic E-state index is 0.292. The second-order valence-electron chi connectivity index (χ2n) is 7.08. The standard InChI is InChI=1S/C15H22N4/c1-9-8-17-14(16)18-13(9)19-15-5-10-2-11(6-15)4-12(3-10)7-15/h8,10-12H,2-7H2,1H3,(H3,16,17,18,19). The first-order valence-corrected chi connectivity index (χ1v) is 7.49. The highest BCUT2D eigenvalue weighted by atomic mass is 15.1. The van der Waals surface area contributed by atoms with Crippen molar-refractivity contribution in [1.29, 1.82) is 0 Å². The molecule has 4 bridgehead atoms. The van der Waals surface area contributed by atoms with Crippen molar-refractivity contribution in [1.82, 2.24) is 9.97 Å². The van der Waals surface area contributed by atoms with Crippen LogP contribution in [0.5, 0.6) is 0 Å². The van der Waals surface area contributed by atoms with E-state index in [1.54, 1.807) is 0 Å². The smallest absolute Gasteiger partial charge is 0.221 e. The molecule has 102 valence electrons. The second kappa shape index (κ2) is 3.84. The molecule has 1 heterocycles. The van der Waals surface area contributed by atoms with Crippen LogP contribution in [0.25, 0.3) is 0 Å². The summed E-state index contributed by atoms with van der Waals surface area (Å²) < 4.78 is 0. The first-order chi connectivity index (χ1) is 9.12.